The van der Waals surface area contributed by atoms with Gasteiger partial charge in [-0.2, -0.15) is 8.42 Å². The molecule has 1 saturated heterocycles. The van der Waals surface area contributed by atoms with Gasteiger partial charge in [0.05, 0.1) is 21.3 Å². The number of halogens is 1. The third-order valence-corrected chi connectivity index (χ3v) is 11.8. The number of nitrogens with zero attached hydrogens (tertiary/aromatic N) is 3. The van der Waals surface area contributed by atoms with E-state index in [0.717, 1.165) is 7.11 Å². The van der Waals surface area contributed by atoms with Crippen molar-refractivity contribution in [3.05, 3.63) is 102 Å². The molecule has 6 atom stereocenters. The Balaban J connectivity index is 1.80. The van der Waals surface area contributed by atoms with Crippen molar-refractivity contribution < 1.29 is 45.9 Å². The summed E-state index contributed by atoms with van der Waals surface area (Å²) < 4.78 is 51.5. The van der Waals surface area contributed by atoms with Crippen LogP contribution in [0.3, 0.4) is 0 Å². The Kier molecular flexibility index (Phi) is 9.15. The molecule has 49 heavy (non-hydrogen) atoms. The van der Waals surface area contributed by atoms with E-state index in [-0.39, 0.29) is 11.5 Å². The number of methoxy groups -OCH3 is 4. The molecule has 0 spiro atoms. The first-order valence-electron chi connectivity index (χ1n) is 15.0. The van der Waals surface area contributed by atoms with Gasteiger partial charge in [0.25, 0.3) is 6.09 Å². The summed E-state index contributed by atoms with van der Waals surface area (Å²) in [4.78, 5) is 33.7. The highest BCUT2D eigenvalue weighted by Crippen LogP contribution is 2.56. The summed E-state index contributed by atoms with van der Waals surface area (Å²) in [5.41, 5.74) is 0.0559. The molecule has 13 nitrogen and oxygen atoms in total. The van der Waals surface area contributed by atoms with Gasteiger partial charge in [-0.3, -0.25) is 9.78 Å². The molecule has 2 amide bonds. The lowest BCUT2D eigenvalue weighted by Crippen LogP contribution is -2.81. The van der Waals surface area contributed by atoms with E-state index in [2.05, 4.69) is 10.3 Å². The van der Waals surface area contributed by atoms with E-state index in [0.29, 0.717) is 28.3 Å². The number of sulfonamides is 1. The summed E-state index contributed by atoms with van der Waals surface area (Å²) in [7, 11) is -0.0180. The molecule has 0 bridgehead atoms. The molecule has 2 aliphatic rings. The Labute approximate surface area is 288 Å². The van der Waals surface area contributed by atoms with Crippen LogP contribution in [0.15, 0.2) is 96.2 Å². The molecule has 3 heterocycles. The number of anilines is 2. The Morgan fingerprint density at radius 1 is 0.898 bits per heavy atom. The Morgan fingerprint density at radius 3 is 2.18 bits per heavy atom. The molecule has 0 radical (unpaired) electrons. The van der Waals surface area contributed by atoms with Crippen LogP contribution in [-0.2, 0) is 19.6 Å². The summed E-state index contributed by atoms with van der Waals surface area (Å²) in [6.07, 6.45) is -0.942. The number of para-hydroxylation sites is 2. The predicted octanol–water partition coefficient (Wildman–Crippen LogP) is 3.86. The van der Waals surface area contributed by atoms with Crippen molar-refractivity contribution in [1.82, 2.24) is 4.98 Å². The number of carboxylic acid groups (broad SMARTS) is 1. The summed E-state index contributed by atoms with van der Waals surface area (Å²) in [5.74, 6) is -1.71. The van der Waals surface area contributed by atoms with Crippen LogP contribution >= 0.6 is 11.6 Å². The van der Waals surface area contributed by atoms with Crippen LogP contribution in [-0.4, -0.2) is 75.5 Å². The van der Waals surface area contributed by atoms with Crippen molar-refractivity contribution in [3.8, 4) is 17.2 Å². The van der Waals surface area contributed by atoms with Gasteiger partial charge in [0.1, 0.15) is 29.2 Å². The first-order chi connectivity index (χ1) is 23.6. The lowest BCUT2D eigenvalue weighted by atomic mass is 9.80. The normalized spacial score (nSPS) is 24.9. The molecule has 6 unspecified atom stereocenters. The van der Waals surface area contributed by atoms with Crippen molar-refractivity contribution in [1.29, 1.82) is 0 Å². The summed E-state index contributed by atoms with van der Waals surface area (Å²) in [5, 5.41) is 17.0. The monoisotopic (exact) mass is 708 g/mol. The van der Waals surface area contributed by atoms with Gasteiger partial charge in [-0.15, -0.1) is 3.89 Å². The molecular weight excluding hydrogens is 676 g/mol. The number of amides is 2. The second kappa shape index (κ2) is 13.2. The molecule has 3 aromatic carbocycles. The minimum absolute atomic E-state index is 0.209. The fourth-order valence-electron chi connectivity index (χ4n) is 7.10. The van der Waals surface area contributed by atoms with Gasteiger partial charge >= 0.3 is 10.0 Å². The molecule has 1 N–H and O–H groups in total. The number of hydrogen-bond donors (Lipinski definition) is 1. The van der Waals surface area contributed by atoms with E-state index in [9.17, 15) is 14.7 Å². The number of carbonyl (C=O) groups is 2. The standard InChI is InChI=1S/C34H33ClN4O9S/c1-45-21-13-14-27(26(19-21)47-3)49(43,44)39(34(41)42)30(28-22-9-5-7-11-24(22)37-32(28)40)29(23-10-6-8-12-25(23)46-2)38(31(35)33(39)48-4)20-15-17-36-18-16-20/h5-19,28-31,33H,1-4H3,(H-,37,40,41,42). The molecule has 0 aliphatic carbocycles. The molecule has 2 aliphatic heterocycles. The first kappa shape index (κ1) is 34.0. The van der Waals surface area contributed by atoms with Crippen LogP contribution in [0.4, 0.5) is 16.2 Å². The topological polar surface area (TPSA) is 156 Å². The van der Waals surface area contributed by atoms with Gasteiger partial charge in [-0.1, -0.05) is 48.0 Å². The zero-order chi connectivity index (χ0) is 35.1. The fourth-order valence-corrected chi connectivity index (χ4v) is 9.87. The number of pyridine rings is 1. The van der Waals surface area contributed by atoms with Crippen LogP contribution in [0.2, 0.25) is 0 Å². The van der Waals surface area contributed by atoms with Gasteiger partial charge in [-0.05, 0) is 42.0 Å². The lowest BCUT2D eigenvalue weighted by Gasteiger charge is -2.58. The van der Waals surface area contributed by atoms with E-state index in [1.807, 2.05) is 0 Å². The van der Waals surface area contributed by atoms with Crippen molar-refractivity contribution in [2.24, 2.45) is 0 Å². The number of carbonyl (C=O) groups excluding carboxylic acids is 2. The maximum absolute atomic E-state index is 15.5. The van der Waals surface area contributed by atoms with Gasteiger partial charge in [0.15, 0.2) is 16.4 Å². The Morgan fingerprint density at radius 2 is 1.55 bits per heavy atom. The van der Waals surface area contributed by atoms with Crippen molar-refractivity contribution in [2.75, 3.05) is 38.7 Å². The molecule has 1 aromatic heterocycles. The number of quaternary nitrogens is 1. The number of aromatic nitrogens is 1. The molecule has 0 saturated carbocycles. The fraction of sp³-hybridized carbons (Fsp3) is 0.265. The van der Waals surface area contributed by atoms with Crippen LogP contribution in [0, 0.1) is 0 Å². The number of rotatable bonds is 9. The minimum Gasteiger partial charge on any atom is -0.497 e. The maximum Gasteiger partial charge on any atom is 0.339 e. The number of fused-ring (bicyclic) bond motifs is 1. The highest BCUT2D eigenvalue weighted by Gasteiger charge is 2.71. The zero-order valence-corrected chi connectivity index (χ0v) is 28.4. The van der Waals surface area contributed by atoms with Crippen molar-refractivity contribution in [2.45, 2.75) is 34.6 Å². The van der Waals surface area contributed by atoms with E-state index >= 15 is 8.42 Å². The minimum atomic E-state index is -5.24. The van der Waals surface area contributed by atoms with Gasteiger partial charge in [0.2, 0.25) is 12.1 Å². The van der Waals surface area contributed by atoms with Crippen LogP contribution in [0.5, 0.6) is 17.2 Å². The molecule has 6 rings (SSSR count). The average Bonchev–Trinajstić information content (AvgIpc) is 3.45. The van der Waals surface area contributed by atoms with E-state index in [1.165, 1.54) is 51.9 Å². The number of alkyl halides is 1. The summed E-state index contributed by atoms with van der Waals surface area (Å²) >= 11 is 7.29. The van der Waals surface area contributed by atoms with E-state index in [1.54, 1.807) is 65.6 Å². The van der Waals surface area contributed by atoms with Gasteiger partial charge in [-0.25, -0.2) is 0 Å². The van der Waals surface area contributed by atoms with Crippen molar-refractivity contribution in [3.63, 3.8) is 0 Å². The second-order valence-corrected chi connectivity index (χ2v) is 13.8. The Bertz CT molecular complexity index is 2000. The van der Waals surface area contributed by atoms with Gasteiger partial charge in [0, 0.05) is 42.5 Å². The smallest absolute Gasteiger partial charge is 0.339 e. The third kappa shape index (κ3) is 5.14. The first-order valence-corrected chi connectivity index (χ1v) is 16.9. The number of benzene rings is 3. The average molecular weight is 709 g/mol. The summed E-state index contributed by atoms with van der Waals surface area (Å²) in [6.45, 7) is 0. The Hall–Kier alpha value is -4.89. The summed E-state index contributed by atoms with van der Waals surface area (Å²) in [6, 6.07) is 17.5. The number of piperazine rings is 1. The van der Waals surface area contributed by atoms with E-state index in [4.69, 9.17) is 30.5 Å². The number of ether oxygens (including phenoxy) is 4. The van der Waals surface area contributed by atoms with Crippen LogP contribution in [0.1, 0.15) is 23.1 Å². The highest BCUT2D eigenvalue weighted by atomic mass is 35.5. The lowest BCUT2D eigenvalue weighted by molar-refractivity contribution is -0.843. The van der Waals surface area contributed by atoms with Crippen LogP contribution < -0.4 is 29.5 Å². The molecule has 1 fully saturated rings. The van der Waals surface area contributed by atoms with Crippen LogP contribution in [0.25, 0.3) is 0 Å². The number of hydrogen-bond acceptors (Lipinski definition) is 11. The SMILES string of the molecule is COc1ccc(S(=O)(=O)[N+]2(C(=O)[O-])C(OC)C(Cl)N(c3ccncc3)C(c3ccccc3OC)C2C2C(=O)Nc3ccccc32)c(OC)c1. The van der Waals surface area contributed by atoms with Crippen molar-refractivity contribution >= 4 is 45.0 Å². The zero-order valence-electron chi connectivity index (χ0n) is 26.8. The predicted molar refractivity (Wildman–Crippen MR) is 177 cm³/mol. The molecule has 15 heteroatoms. The maximum atomic E-state index is 15.5. The molecule has 256 valence electrons. The largest absolute Gasteiger partial charge is 0.497 e. The quantitative estimate of drug-likeness (QED) is 0.153. The van der Waals surface area contributed by atoms with E-state index < -0.39 is 60.5 Å². The van der Waals surface area contributed by atoms with Gasteiger partial charge < -0.3 is 39.1 Å². The third-order valence-electron chi connectivity index (χ3n) is 9.11. The highest BCUT2D eigenvalue weighted by molar-refractivity contribution is 7.86. The second-order valence-electron chi connectivity index (χ2n) is 11.3. The number of nitrogens with one attached hydrogen (secondary N) is 1. The molecule has 4 aromatic rings. The molecular formula is C34H33ClN4O9S.